The molecule has 29 heavy (non-hydrogen) atoms. The lowest BCUT2D eigenvalue weighted by Crippen LogP contribution is -2.22. The number of nitrogens with one attached hydrogen (secondary N) is 1. The normalized spacial score (nSPS) is 13.5. The first kappa shape index (κ1) is 18.7. The minimum Gasteiger partial charge on any atom is -0.497 e. The highest BCUT2D eigenvalue weighted by atomic mass is 16.5. The van der Waals surface area contributed by atoms with Crippen LogP contribution in [0.1, 0.15) is 33.7 Å². The third-order valence-corrected chi connectivity index (χ3v) is 5.11. The standard InChI is InChI=1S/C22H22N4O3/c1-29-16-6-8-17-14(12-16)4-7-18(24-17)22(28)25-19-13-15(21(23)27)5-9-20(19)26-10-2-3-11-26/h4-9,12-13H,2-3,10-11H2,1H3,(H2,23,27)(H,25,28). The number of hydrogen-bond acceptors (Lipinski definition) is 5. The first-order valence-electron chi connectivity index (χ1n) is 9.50. The molecule has 0 spiro atoms. The Hall–Kier alpha value is -3.61. The number of aromatic nitrogens is 1. The van der Waals surface area contributed by atoms with Gasteiger partial charge in [-0.15, -0.1) is 0 Å². The molecular weight excluding hydrogens is 368 g/mol. The first-order chi connectivity index (χ1) is 14.0. The van der Waals surface area contributed by atoms with Gasteiger partial charge in [0.25, 0.3) is 5.91 Å². The minimum atomic E-state index is -0.536. The van der Waals surface area contributed by atoms with Gasteiger partial charge in [0.1, 0.15) is 11.4 Å². The Labute approximate surface area is 168 Å². The number of rotatable bonds is 5. The minimum absolute atomic E-state index is 0.291. The molecule has 1 aromatic heterocycles. The number of pyridine rings is 1. The van der Waals surface area contributed by atoms with Crippen LogP contribution in [0.15, 0.2) is 48.5 Å². The van der Waals surface area contributed by atoms with Crippen LogP contribution in [-0.4, -0.2) is 37.0 Å². The Kier molecular flexibility index (Phi) is 5.03. The lowest BCUT2D eigenvalue weighted by atomic mass is 10.1. The highest BCUT2D eigenvalue weighted by Crippen LogP contribution is 2.30. The summed E-state index contributed by atoms with van der Waals surface area (Å²) in [6, 6.07) is 14.1. The molecule has 2 amide bonds. The molecule has 2 heterocycles. The zero-order valence-corrected chi connectivity index (χ0v) is 16.1. The molecule has 4 rings (SSSR count). The van der Waals surface area contributed by atoms with Crippen molar-refractivity contribution in [2.45, 2.75) is 12.8 Å². The van der Waals surface area contributed by atoms with Gasteiger partial charge in [-0.05, 0) is 55.3 Å². The van der Waals surface area contributed by atoms with E-state index in [9.17, 15) is 9.59 Å². The number of methoxy groups -OCH3 is 1. The predicted octanol–water partition coefficient (Wildman–Crippen LogP) is 3.19. The number of carbonyl (C=O) groups is 2. The van der Waals surface area contributed by atoms with E-state index in [-0.39, 0.29) is 5.91 Å². The number of fused-ring (bicyclic) bond motifs is 1. The van der Waals surface area contributed by atoms with Crippen molar-refractivity contribution in [3.8, 4) is 5.75 Å². The van der Waals surface area contributed by atoms with Gasteiger partial charge >= 0.3 is 0 Å². The molecule has 1 fully saturated rings. The van der Waals surface area contributed by atoms with Crippen molar-refractivity contribution in [1.29, 1.82) is 0 Å². The fraction of sp³-hybridized carbons (Fsp3) is 0.227. The van der Waals surface area contributed by atoms with E-state index in [1.54, 1.807) is 31.4 Å². The molecular formula is C22H22N4O3. The fourth-order valence-corrected chi connectivity index (χ4v) is 3.57. The van der Waals surface area contributed by atoms with Crippen molar-refractivity contribution >= 4 is 34.1 Å². The zero-order chi connectivity index (χ0) is 20.4. The molecule has 1 aliphatic heterocycles. The Morgan fingerprint density at radius 1 is 1.07 bits per heavy atom. The van der Waals surface area contributed by atoms with Crippen LogP contribution in [-0.2, 0) is 0 Å². The van der Waals surface area contributed by atoms with E-state index in [1.165, 1.54) is 0 Å². The summed E-state index contributed by atoms with van der Waals surface area (Å²) >= 11 is 0. The third-order valence-electron chi connectivity index (χ3n) is 5.11. The van der Waals surface area contributed by atoms with Crippen molar-refractivity contribution < 1.29 is 14.3 Å². The average Bonchev–Trinajstić information content (AvgIpc) is 3.27. The second-order valence-corrected chi connectivity index (χ2v) is 7.00. The van der Waals surface area contributed by atoms with E-state index >= 15 is 0 Å². The Morgan fingerprint density at radius 3 is 2.59 bits per heavy atom. The second-order valence-electron chi connectivity index (χ2n) is 7.00. The number of ether oxygens (including phenoxy) is 1. The smallest absolute Gasteiger partial charge is 0.274 e. The summed E-state index contributed by atoms with van der Waals surface area (Å²) in [6.07, 6.45) is 2.20. The molecule has 0 unspecified atom stereocenters. The maximum absolute atomic E-state index is 12.9. The Morgan fingerprint density at radius 2 is 1.86 bits per heavy atom. The van der Waals surface area contributed by atoms with Crippen molar-refractivity contribution in [2.75, 3.05) is 30.4 Å². The summed E-state index contributed by atoms with van der Waals surface area (Å²) in [5.74, 6) is -0.147. The van der Waals surface area contributed by atoms with Gasteiger partial charge in [0.15, 0.2) is 0 Å². The molecule has 1 aliphatic rings. The summed E-state index contributed by atoms with van der Waals surface area (Å²) in [6.45, 7) is 1.82. The quantitative estimate of drug-likeness (QED) is 0.697. The molecule has 0 radical (unpaired) electrons. The topological polar surface area (TPSA) is 97.5 Å². The molecule has 0 aliphatic carbocycles. The first-order valence-corrected chi connectivity index (χ1v) is 9.50. The van der Waals surface area contributed by atoms with Gasteiger partial charge in [-0.1, -0.05) is 6.07 Å². The van der Waals surface area contributed by atoms with Gasteiger partial charge in [0.05, 0.1) is 24.0 Å². The number of benzene rings is 2. The van der Waals surface area contributed by atoms with Gasteiger partial charge in [-0.2, -0.15) is 0 Å². The van der Waals surface area contributed by atoms with Crippen molar-refractivity contribution in [3.05, 3.63) is 59.8 Å². The van der Waals surface area contributed by atoms with Gasteiger partial charge in [-0.25, -0.2) is 4.98 Å². The molecule has 2 aromatic carbocycles. The van der Waals surface area contributed by atoms with E-state index in [0.717, 1.165) is 42.8 Å². The second kappa shape index (κ2) is 7.79. The van der Waals surface area contributed by atoms with Gasteiger partial charge in [0.2, 0.25) is 5.91 Å². The molecule has 3 N–H and O–H groups in total. The molecule has 3 aromatic rings. The highest BCUT2D eigenvalue weighted by Gasteiger charge is 2.19. The van der Waals surface area contributed by atoms with Crippen molar-refractivity contribution in [1.82, 2.24) is 4.98 Å². The maximum atomic E-state index is 12.9. The van der Waals surface area contributed by atoms with Gasteiger partial charge < -0.3 is 20.7 Å². The zero-order valence-electron chi connectivity index (χ0n) is 16.1. The van der Waals surface area contributed by atoms with Crippen LogP contribution in [0.3, 0.4) is 0 Å². The summed E-state index contributed by atoms with van der Waals surface area (Å²) < 4.78 is 5.22. The van der Waals surface area contributed by atoms with E-state index in [2.05, 4.69) is 15.2 Å². The van der Waals surface area contributed by atoms with Crippen molar-refractivity contribution in [3.63, 3.8) is 0 Å². The average molecular weight is 390 g/mol. The van der Waals surface area contributed by atoms with Gasteiger partial charge in [-0.3, -0.25) is 9.59 Å². The van der Waals surface area contributed by atoms with Gasteiger partial charge in [0, 0.05) is 24.0 Å². The van der Waals surface area contributed by atoms with E-state index in [1.807, 2.05) is 24.3 Å². The lowest BCUT2D eigenvalue weighted by molar-refractivity contribution is 0.0995. The van der Waals surface area contributed by atoms with Crippen molar-refractivity contribution in [2.24, 2.45) is 5.73 Å². The fourth-order valence-electron chi connectivity index (χ4n) is 3.57. The number of primary amides is 1. The van der Waals surface area contributed by atoms with E-state index < -0.39 is 5.91 Å². The largest absolute Gasteiger partial charge is 0.497 e. The maximum Gasteiger partial charge on any atom is 0.274 e. The molecule has 7 heteroatoms. The van der Waals surface area contributed by atoms with Crippen LogP contribution in [0.25, 0.3) is 10.9 Å². The Bertz CT molecular complexity index is 1090. The molecule has 1 saturated heterocycles. The summed E-state index contributed by atoms with van der Waals surface area (Å²) in [4.78, 5) is 31.2. The van der Waals surface area contributed by atoms with Crippen LogP contribution in [0.4, 0.5) is 11.4 Å². The number of nitrogens with zero attached hydrogens (tertiary/aromatic N) is 2. The number of hydrogen-bond donors (Lipinski definition) is 2. The number of anilines is 2. The number of carbonyl (C=O) groups excluding carboxylic acids is 2. The number of nitrogens with two attached hydrogens (primary N) is 1. The van der Waals surface area contributed by atoms with Crippen LogP contribution in [0, 0.1) is 0 Å². The van der Waals surface area contributed by atoms with Crippen LogP contribution in [0.5, 0.6) is 5.75 Å². The Balaban J connectivity index is 1.65. The lowest BCUT2D eigenvalue weighted by Gasteiger charge is -2.22. The number of amides is 2. The molecule has 0 atom stereocenters. The van der Waals surface area contributed by atoms with E-state index in [4.69, 9.17) is 10.5 Å². The monoisotopic (exact) mass is 390 g/mol. The summed E-state index contributed by atoms with van der Waals surface area (Å²) in [7, 11) is 1.61. The molecule has 0 saturated carbocycles. The predicted molar refractivity (Wildman–Crippen MR) is 113 cm³/mol. The third kappa shape index (κ3) is 3.85. The summed E-state index contributed by atoms with van der Waals surface area (Å²) in [5.41, 5.74) is 8.21. The molecule has 7 nitrogen and oxygen atoms in total. The highest BCUT2D eigenvalue weighted by molar-refractivity contribution is 6.07. The summed E-state index contributed by atoms with van der Waals surface area (Å²) in [5, 5.41) is 3.79. The molecule has 148 valence electrons. The molecule has 0 bridgehead atoms. The van der Waals surface area contributed by atoms with Crippen LogP contribution in [0.2, 0.25) is 0 Å². The van der Waals surface area contributed by atoms with E-state index in [0.29, 0.717) is 22.5 Å². The van der Waals surface area contributed by atoms with Crippen LogP contribution >= 0.6 is 0 Å². The SMILES string of the molecule is COc1ccc2nc(C(=O)Nc3cc(C(N)=O)ccc3N3CCCC3)ccc2c1. The van der Waals surface area contributed by atoms with Crippen LogP contribution < -0.4 is 20.7 Å².